The maximum atomic E-state index is 12.3. The van der Waals surface area contributed by atoms with Gasteiger partial charge in [0.05, 0.1) is 26.1 Å². The van der Waals surface area contributed by atoms with Crippen LogP contribution in [-0.2, 0) is 4.74 Å². The monoisotopic (exact) mass is 385 g/mol. The Kier molecular flexibility index (Phi) is 6.25. The third kappa shape index (κ3) is 4.67. The zero-order valence-corrected chi connectivity index (χ0v) is 15.9. The summed E-state index contributed by atoms with van der Waals surface area (Å²) in [5, 5.41) is 2.77. The molecule has 2 amide bonds. The summed E-state index contributed by atoms with van der Waals surface area (Å²) in [6, 6.07) is 7.03. The number of piperazine rings is 1. The lowest BCUT2D eigenvalue weighted by molar-refractivity contribution is 0.101. The minimum atomic E-state index is -0.337. The van der Waals surface area contributed by atoms with Crippen LogP contribution in [0.5, 0.6) is 5.75 Å². The molecule has 2 aromatic rings. The number of nitrogens with one attached hydrogen (secondary N) is 1. The molecule has 1 saturated heterocycles. The average molecular weight is 385 g/mol. The highest BCUT2D eigenvalue weighted by Crippen LogP contribution is 2.16. The third-order valence-electron chi connectivity index (χ3n) is 4.35. The first-order chi connectivity index (χ1) is 13.6. The van der Waals surface area contributed by atoms with Gasteiger partial charge >= 0.3 is 6.09 Å². The predicted octanol–water partition coefficient (Wildman–Crippen LogP) is 2.02. The highest BCUT2D eigenvalue weighted by atomic mass is 16.6. The fourth-order valence-corrected chi connectivity index (χ4v) is 2.80. The van der Waals surface area contributed by atoms with E-state index < -0.39 is 0 Å². The molecule has 2 heterocycles. The van der Waals surface area contributed by atoms with Gasteiger partial charge < -0.3 is 24.6 Å². The van der Waals surface area contributed by atoms with E-state index in [1.807, 2.05) is 4.90 Å². The van der Waals surface area contributed by atoms with Crippen LogP contribution < -0.4 is 15.0 Å². The quantitative estimate of drug-likeness (QED) is 0.841. The lowest BCUT2D eigenvalue weighted by Gasteiger charge is -2.34. The van der Waals surface area contributed by atoms with Crippen molar-refractivity contribution in [3.05, 3.63) is 42.4 Å². The number of amides is 2. The lowest BCUT2D eigenvalue weighted by atomic mass is 10.3. The molecular weight excluding hydrogens is 362 g/mol. The average Bonchev–Trinajstić information content (AvgIpc) is 2.74. The topological polar surface area (TPSA) is 96.9 Å². The molecule has 0 aliphatic carbocycles. The molecule has 1 aromatic carbocycles. The Morgan fingerprint density at radius 1 is 1.07 bits per heavy atom. The summed E-state index contributed by atoms with van der Waals surface area (Å²) < 4.78 is 10.1. The minimum Gasteiger partial charge on any atom is -0.497 e. The van der Waals surface area contributed by atoms with E-state index in [4.69, 9.17) is 9.47 Å². The van der Waals surface area contributed by atoms with Gasteiger partial charge in [0.1, 0.15) is 17.3 Å². The van der Waals surface area contributed by atoms with Gasteiger partial charge in [-0.15, -0.1) is 0 Å². The van der Waals surface area contributed by atoms with Crippen LogP contribution in [0.2, 0.25) is 0 Å². The van der Waals surface area contributed by atoms with Crippen molar-refractivity contribution >= 4 is 23.5 Å². The van der Waals surface area contributed by atoms with Crippen LogP contribution in [0.15, 0.2) is 36.7 Å². The van der Waals surface area contributed by atoms with E-state index in [0.29, 0.717) is 50.0 Å². The predicted molar refractivity (Wildman–Crippen MR) is 104 cm³/mol. The Hall–Kier alpha value is -3.36. The van der Waals surface area contributed by atoms with E-state index in [0.717, 1.165) is 0 Å². The van der Waals surface area contributed by atoms with E-state index in [1.165, 1.54) is 6.20 Å². The Labute approximate surface area is 163 Å². The van der Waals surface area contributed by atoms with E-state index in [-0.39, 0.29) is 17.7 Å². The second kappa shape index (κ2) is 9.03. The van der Waals surface area contributed by atoms with Crippen molar-refractivity contribution < 1.29 is 19.1 Å². The molecule has 9 heteroatoms. The number of anilines is 2. The van der Waals surface area contributed by atoms with Gasteiger partial charge in [-0.3, -0.25) is 4.79 Å². The number of rotatable bonds is 5. The van der Waals surface area contributed by atoms with E-state index in [1.54, 1.807) is 49.4 Å². The van der Waals surface area contributed by atoms with Crippen LogP contribution in [0.3, 0.4) is 0 Å². The SMILES string of the molecule is CCOC(=O)N1CCN(c2cnc(C(=O)Nc3ccc(OC)cc3)cn2)CC1. The number of aromatic nitrogens is 2. The molecule has 1 N–H and O–H groups in total. The standard InChI is InChI=1S/C19H23N5O4/c1-3-28-19(26)24-10-8-23(9-11-24)17-13-20-16(12-21-17)18(25)22-14-4-6-15(27-2)7-5-14/h4-7,12-13H,3,8-11H2,1-2H3,(H,22,25). The van der Waals surface area contributed by atoms with Gasteiger partial charge in [-0.25, -0.2) is 14.8 Å². The number of methoxy groups -OCH3 is 1. The molecule has 0 saturated carbocycles. The normalized spacial score (nSPS) is 13.8. The molecule has 1 aromatic heterocycles. The zero-order valence-electron chi connectivity index (χ0n) is 15.9. The van der Waals surface area contributed by atoms with Gasteiger partial charge in [-0.2, -0.15) is 0 Å². The highest BCUT2D eigenvalue weighted by molar-refractivity contribution is 6.02. The summed E-state index contributed by atoms with van der Waals surface area (Å²) in [7, 11) is 1.58. The fourth-order valence-electron chi connectivity index (χ4n) is 2.80. The van der Waals surface area contributed by atoms with Crippen LogP contribution in [0.25, 0.3) is 0 Å². The van der Waals surface area contributed by atoms with E-state index in [9.17, 15) is 9.59 Å². The number of carbonyl (C=O) groups is 2. The molecule has 28 heavy (non-hydrogen) atoms. The van der Waals surface area contributed by atoms with Gasteiger partial charge in [0.2, 0.25) is 0 Å². The first-order valence-electron chi connectivity index (χ1n) is 9.04. The van der Waals surface area contributed by atoms with Crippen molar-refractivity contribution in [2.24, 2.45) is 0 Å². The summed E-state index contributed by atoms with van der Waals surface area (Å²) in [4.78, 5) is 36.3. The molecule has 0 spiro atoms. The van der Waals surface area contributed by atoms with Crippen molar-refractivity contribution in [2.75, 3.05) is 50.1 Å². The van der Waals surface area contributed by atoms with Gasteiger partial charge in [0.15, 0.2) is 0 Å². The van der Waals surface area contributed by atoms with Crippen LogP contribution in [0.1, 0.15) is 17.4 Å². The maximum absolute atomic E-state index is 12.3. The van der Waals surface area contributed by atoms with Crippen LogP contribution in [0, 0.1) is 0 Å². The Bertz CT molecular complexity index is 802. The Balaban J connectivity index is 1.56. The van der Waals surface area contributed by atoms with Crippen molar-refractivity contribution in [3.63, 3.8) is 0 Å². The van der Waals surface area contributed by atoms with E-state index in [2.05, 4.69) is 15.3 Å². The highest BCUT2D eigenvalue weighted by Gasteiger charge is 2.23. The number of carbonyl (C=O) groups excluding carboxylic acids is 2. The van der Waals surface area contributed by atoms with E-state index >= 15 is 0 Å². The Morgan fingerprint density at radius 3 is 2.36 bits per heavy atom. The van der Waals surface area contributed by atoms with Gasteiger partial charge in [-0.05, 0) is 31.2 Å². The largest absolute Gasteiger partial charge is 0.497 e. The molecular formula is C19H23N5O4. The second-order valence-corrected chi connectivity index (χ2v) is 6.12. The van der Waals surface area contributed by atoms with Gasteiger partial charge in [-0.1, -0.05) is 0 Å². The number of ether oxygens (including phenoxy) is 2. The molecule has 1 aliphatic rings. The molecule has 0 atom stereocenters. The number of hydrogen-bond donors (Lipinski definition) is 1. The maximum Gasteiger partial charge on any atom is 0.409 e. The summed E-state index contributed by atoms with van der Waals surface area (Å²) >= 11 is 0. The number of benzene rings is 1. The molecule has 9 nitrogen and oxygen atoms in total. The Morgan fingerprint density at radius 2 is 1.79 bits per heavy atom. The first kappa shape index (κ1) is 19.4. The fraction of sp³-hybridized carbons (Fsp3) is 0.368. The number of nitrogens with zero attached hydrogens (tertiary/aromatic N) is 4. The minimum absolute atomic E-state index is 0.227. The van der Waals surface area contributed by atoms with Crippen molar-refractivity contribution in [2.45, 2.75) is 6.92 Å². The molecule has 3 rings (SSSR count). The van der Waals surface area contributed by atoms with Crippen molar-refractivity contribution in [3.8, 4) is 5.75 Å². The second-order valence-electron chi connectivity index (χ2n) is 6.12. The molecule has 0 unspecified atom stereocenters. The summed E-state index contributed by atoms with van der Waals surface area (Å²) in [5.41, 5.74) is 0.872. The molecule has 148 valence electrons. The molecule has 0 bridgehead atoms. The lowest BCUT2D eigenvalue weighted by Crippen LogP contribution is -2.49. The van der Waals surface area contributed by atoms with Crippen LogP contribution >= 0.6 is 0 Å². The third-order valence-corrected chi connectivity index (χ3v) is 4.35. The van der Waals surface area contributed by atoms with Gasteiger partial charge in [0, 0.05) is 31.9 Å². The van der Waals surface area contributed by atoms with Crippen molar-refractivity contribution in [1.82, 2.24) is 14.9 Å². The molecule has 1 fully saturated rings. The smallest absolute Gasteiger partial charge is 0.409 e. The molecule has 0 radical (unpaired) electrons. The van der Waals surface area contributed by atoms with Crippen LogP contribution in [0.4, 0.5) is 16.3 Å². The van der Waals surface area contributed by atoms with Crippen molar-refractivity contribution in [1.29, 1.82) is 0 Å². The molecule has 1 aliphatic heterocycles. The summed E-state index contributed by atoms with van der Waals surface area (Å²) in [6.45, 7) is 4.52. The summed E-state index contributed by atoms with van der Waals surface area (Å²) in [5.74, 6) is 1.05. The van der Waals surface area contributed by atoms with Gasteiger partial charge in [0.25, 0.3) is 5.91 Å². The number of hydrogen-bond acceptors (Lipinski definition) is 7. The summed E-state index contributed by atoms with van der Waals surface area (Å²) in [6.07, 6.45) is 2.73. The zero-order chi connectivity index (χ0) is 19.9. The van der Waals surface area contributed by atoms with Crippen LogP contribution in [-0.4, -0.2) is 66.8 Å². The first-order valence-corrected chi connectivity index (χ1v) is 9.04.